The number of rotatable bonds is 4. The van der Waals surface area contributed by atoms with E-state index in [-0.39, 0.29) is 22.3 Å². The number of hydrogen-bond acceptors (Lipinski definition) is 3. The molecule has 0 aliphatic heterocycles. The van der Waals surface area contributed by atoms with E-state index < -0.39 is 11.7 Å². The van der Waals surface area contributed by atoms with Gasteiger partial charge in [-0.05, 0) is 91.6 Å². The van der Waals surface area contributed by atoms with Gasteiger partial charge in [0, 0.05) is 16.7 Å². The Bertz CT molecular complexity index is 1490. The summed E-state index contributed by atoms with van der Waals surface area (Å²) in [5.41, 5.74) is 4.23. The van der Waals surface area contributed by atoms with E-state index in [1.165, 1.54) is 18.6 Å². The Kier molecular flexibility index (Phi) is 6.50. The van der Waals surface area contributed by atoms with Gasteiger partial charge in [-0.3, -0.25) is 0 Å². The number of fused-ring (bicyclic) bond motifs is 3. The van der Waals surface area contributed by atoms with Crippen molar-refractivity contribution in [3.63, 3.8) is 0 Å². The maximum atomic E-state index is 14.4. The van der Waals surface area contributed by atoms with Crippen LogP contribution in [0.4, 0.5) is 18.9 Å². The first-order chi connectivity index (χ1) is 17.0. The summed E-state index contributed by atoms with van der Waals surface area (Å²) in [5, 5.41) is 19.2. The molecule has 3 aromatic rings. The van der Waals surface area contributed by atoms with Crippen molar-refractivity contribution in [2.24, 2.45) is 4.99 Å². The third-order valence-corrected chi connectivity index (χ3v) is 7.17. The second-order valence-electron chi connectivity index (χ2n) is 9.30. The number of aryl methyl sites for hydroxylation is 2. The lowest BCUT2D eigenvalue weighted by molar-refractivity contribution is -0.137. The van der Waals surface area contributed by atoms with Gasteiger partial charge in [0.25, 0.3) is 0 Å². The predicted molar refractivity (Wildman–Crippen MR) is 136 cm³/mol. The second-order valence-corrected chi connectivity index (χ2v) is 9.30. The normalized spacial score (nSPS) is 13.5. The molecule has 0 fully saturated rings. The number of benzene rings is 3. The monoisotopic (exact) mass is 485 g/mol. The topological polar surface area (TPSA) is 59.9 Å². The van der Waals surface area contributed by atoms with Crippen LogP contribution >= 0.6 is 0 Å². The summed E-state index contributed by atoms with van der Waals surface area (Å²) in [7, 11) is 0. The van der Waals surface area contributed by atoms with Crippen molar-refractivity contribution in [1.29, 1.82) is 10.5 Å². The fraction of sp³-hybridized carbons (Fsp3) is 0.300. The van der Waals surface area contributed by atoms with E-state index in [0.29, 0.717) is 39.6 Å². The maximum Gasteiger partial charge on any atom is 0.417 e. The third-order valence-electron chi connectivity index (χ3n) is 7.17. The summed E-state index contributed by atoms with van der Waals surface area (Å²) >= 11 is 0. The van der Waals surface area contributed by atoms with Crippen LogP contribution in [0.5, 0.6) is 0 Å². The smallest absolute Gasteiger partial charge is 0.247 e. The maximum absolute atomic E-state index is 14.4. The van der Waals surface area contributed by atoms with Gasteiger partial charge in [0.05, 0.1) is 40.2 Å². The van der Waals surface area contributed by atoms with Gasteiger partial charge in [0.1, 0.15) is 0 Å². The number of hydrogen-bond donors (Lipinski definition) is 0. The predicted octanol–water partition coefficient (Wildman–Crippen LogP) is 8.43. The highest BCUT2D eigenvalue weighted by atomic mass is 19.4. The SMILES string of the molecule is CCC(CC)c1ccc(N=C2c3cc(C#N)c(C)cc3-c3c2cc(C#N)c(C)c3C(F)(F)F)c(C)c1. The van der Waals surface area contributed by atoms with Crippen molar-refractivity contribution in [2.75, 3.05) is 0 Å². The minimum Gasteiger partial charge on any atom is -0.247 e. The van der Waals surface area contributed by atoms with Crippen LogP contribution in [0, 0.1) is 43.4 Å². The summed E-state index contributed by atoms with van der Waals surface area (Å²) in [6, 6.07) is 14.8. The van der Waals surface area contributed by atoms with Crippen LogP contribution in [0.25, 0.3) is 11.1 Å². The van der Waals surface area contributed by atoms with Gasteiger partial charge in [0.15, 0.2) is 0 Å². The Morgan fingerprint density at radius 1 is 0.833 bits per heavy atom. The molecule has 0 heterocycles. The molecule has 0 bridgehead atoms. The van der Waals surface area contributed by atoms with Crippen molar-refractivity contribution in [3.8, 4) is 23.3 Å². The van der Waals surface area contributed by atoms with E-state index in [1.54, 1.807) is 19.1 Å². The number of nitriles is 2. The molecule has 36 heavy (non-hydrogen) atoms. The van der Waals surface area contributed by atoms with Crippen molar-refractivity contribution in [1.82, 2.24) is 0 Å². The summed E-state index contributed by atoms with van der Waals surface area (Å²) in [6.45, 7) is 9.26. The van der Waals surface area contributed by atoms with Crippen LogP contribution in [0.15, 0.2) is 41.4 Å². The Hall–Kier alpha value is -3.90. The molecule has 0 atom stereocenters. The number of nitrogens with zero attached hydrogens (tertiary/aromatic N) is 3. The van der Waals surface area contributed by atoms with E-state index in [2.05, 4.69) is 26.0 Å². The fourth-order valence-electron chi connectivity index (χ4n) is 5.15. The third kappa shape index (κ3) is 4.07. The van der Waals surface area contributed by atoms with Crippen molar-refractivity contribution >= 4 is 11.4 Å². The molecule has 0 unspecified atom stereocenters. The largest absolute Gasteiger partial charge is 0.417 e. The van der Waals surface area contributed by atoms with Crippen molar-refractivity contribution in [3.05, 3.63) is 86.5 Å². The number of aliphatic imine (C=N–C) groups is 1. The average Bonchev–Trinajstić information content (AvgIpc) is 3.11. The lowest BCUT2D eigenvalue weighted by atomic mass is 9.90. The lowest BCUT2D eigenvalue weighted by Gasteiger charge is -2.17. The van der Waals surface area contributed by atoms with Crippen LogP contribution in [0.2, 0.25) is 0 Å². The molecule has 6 heteroatoms. The van der Waals surface area contributed by atoms with Gasteiger partial charge in [-0.15, -0.1) is 0 Å². The van der Waals surface area contributed by atoms with E-state index in [1.807, 2.05) is 25.1 Å². The van der Waals surface area contributed by atoms with Crippen LogP contribution in [-0.2, 0) is 6.18 Å². The minimum absolute atomic E-state index is 0.0200. The molecule has 0 amide bonds. The quantitative estimate of drug-likeness (QED) is 0.291. The molecule has 4 rings (SSSR count). The molecule has 0 spiro atoms. The molecule has 1 aliphatic rings. The minimum atomic E-state index is -4.66. The standard InChI is InChI=1S/C30H26F3N3/c1-6-19(7-2)20-8-9-26(17(4)10-20)36-29-24-12-21(14-34)16(3)11-23(24)27-25(29)13-22(15-35)18(5)28(27)30(31,32)33/h8-13,19H,6-7H2,1-5H3. The first kappa shape index (κ1) is 25.2. The van der Waals surface area contributed by atoms with Crippen molar-refractivity contribution in [2.45, 2.75) is 59.6 Å². The van der Waals surface area contributed by atoms with Crippen LogP contribution < -0.4 is 0 Å². The van der Waals surface area contributed by atoms with E-state index >= 15 is 0 Å². The van der Waals surface area contributed by atoms with Gasteiger partial charge < -0.3 is 0 Å². The molecule has 3 nitrogen and oxygen atoms in total. The van der Waals surface area contributed by atoms with Gasteiger partial charge >= 0.3 is 6.18 Å². The molecule has 0 saturated heterocycles. The Morgan fingerprint density at radius 3 is 2.03 bits per heavy atom. The lowest BCUT2D eigenvalue weighted by Crippen LogP contribution is -2.12. The van der Waals surface area contributed by atoms with E-state index in [0.717, 1.165) is 18.4 Å². The summed E-state index contributed by atoms with van der Waals surface area (Å²) < 4.78 is 43.1. The average molecular weight is 486 g/mol. The molecule has 0 radical (unpaired) electrons. The van der Waals surface area contributed by atoms with Crippen LogP contribution in [0.1, 0.15) is 82.7 Å². The van der Waals surface area contributed by atoms with Gasteiger partial charge in [-0.25, -0.2) is 4.99 Å². The fourth-order valence-corrected chi connectivity index (χ4v) is 5.15. The zero-order valence-electron chi connectivity index (χ0n) is 20.9. The zero-order valence-corrected chi connectivity index (χ0v) is 20.9. The molecular formula is C30H26F3N3. The van der Waals surface area contributed by atoms with Gasteiger partial charge in [-0.2, -0.15) is 23.7 Å². The highest BCUT2D eigenvalue weighted by Crippen LogP contribution is 2.48. The second kappa shape index (κ2) is 9.28. The highest BCUT2D eigenvalue weighted by Gasteiger charge is 2.41. The zero-order chi connectivity index (χ0) is 26.4. The highest BCUT2D eigenvalue weighted by molar-refractivity contribution is 6.26. The summed E-state index contributed by atoms with van der Waals surface area (Å²) in [5.74, 6) is 0.426. The molecule has 0 N–H and O–H groups in total. The summed E-state index contributed by atoms with van der Waals surface area (Å²) in [4.78, 5) is 4.86. The van der Waals surface area contributed by atoms with E-state index in [4.69, 9.17) is 4.99 Å². The van der Waals surface area contributed by atoms with Crippen LogP contribution in [0.3, 0.4) is 0 Å². The Balaban J connectivity index is 2.07. The molecule has 3 aromatic carbocycles. The van der Waals surface area contributed by atoms with Gasteiger partial charge in [0.2, 0.25) is 0 Å². The van der Waals surface area contributed by atoms with Crippen molar-refractivity contribution < 1.29 is 13.2 Å². The van der Waals surface area contributed by atoms with E-state index in [9.17, 15) is 23.7 Å². The number of alkyl halides is 3. The van der Waals surface area contributed by atoms with Crippen LogP contribution in [-0.4, -0.2) is 5.71 Å². The first-order valence-electron chi connectivity index (χ1n) is 12.0. The van der Waals surface area contributed by atoms with Gasteiger partial charge in [-0.1, -0.05) is 26.0 Å². The summed E-state index contributed by atoms with van der Waals surface area (Å²) in [6.07, 6.45) is -2.64. The molecular weight excluding hydrogens is 459 g/mol. The molecule has 1 aliphatic carbocycles. The molecule has 182 valence electrons. The molecule has 0 aromatic heterocycles. The first-order valence-corrected chi connectivity index (χ1v) is 12.0. The Labute approximate surface area is 209 Å². The number of halogens is 3. The molecule has 0 saturated carbocycles. The Morgan fingerprint density at radius 2 is 1.47 bits per heavy atom.